The van der Waals surface area contributed by atoms with E-state index in [0.717, 1.165) is 17.8 Å². The predicted molar refractivity (Wildman–Crippen MR) is 86.9 cm³/mol. The standard InChI is InChI=1S/C18H19N3O/c1-14(20-12-15-3-2-4-18(22)11-15)16-5-7-17(8-6-16)21-10-9-19-13-21/h2-11,13-14,20,22H,12H2,1H3/t14-/m0/s1. The topological polar surface area (TPSA) is 50.1 Å². The van der Waals surface area contributed by atoms with Gasteiger partial charge in [0.15, 0.2) is 0 Å². The number of hydrogen-bond donors (Lipinski definition) is 2. The molecule has 0 spiro atoms. The van der Waals surface area contributed by atoms with Crippen LogP contribution in [0.3, 0.4) is 0 Å². The summed E-state index contributed by atoms with van der Waals surface area (Å²) < 4.78 is 1.98. The number of rotatable bonds is 5. The fraction of sp³-hybridized carbons (Fsp3) is 0.167. The SMILES string of the molecule is C[C@H](NCc1cccc(O)c1)c1ccc(-n2ccnc2)cc1. The molecule has 0 aliphatic rings. The third-order valence-corrected chi connectivity index (χ3v) is 3.72. The van der Waals surface area contributed by atoms with Crippen LogP contribution in [0.2, 0.25) is 0 Å². The summed E-state index contributed by atoms with van der Waals surface area (Å²) in [6.45, 7) is 2.86. The van der Waals surface area contributed by atoms with Crippen molar-refractivity contribution in [3.05, 3.63) is 78.4 Å². The smallest absolute Gasteiger partial charge is 0.115 e. The molecule has 2 aromatic carbocycles. The van der Waals surface area contributed by atoms with Gasteiger partial charge in [-0.25, -0.2) is 4.98 Å². The van der Waals surface area contributed by atoms with Crippen LogP contribution in [0.4, 0.5) is 0 Å². The van der Waals surface area contributed by atoms with Crippen molar-refractivity contribution in [1.82, 2.24) is 14.9 Å². The Morgan fingerprint density at radius 3 is 2.68 bits per heavy atom. The highest BCUT2D eigenvalue weighted by molar-refractivity contribution is 5.35. The molecule has 0 saturated carbocycles. The van der Waals surface area contributed by atoms with Crippen LogP contribution in [0, 0.1) is 0 Å². The number of nitrogens with one attached hydrogen (secondary N) is 1. The number of phenolic OH excluding ortho intramolecular Hbond substituents is 1. The maximum Gasteiger partial charge on any atom is 0.115 e. The molecule has 112 valence electrons. The van der Waals surface area contributed by atoms with Gasteiger partial charge in [-0.05, 0) is 42.3 Å². The van der Waals surface area contributed by atoms with Gasteiger partial charge in [0.1, 0.15) is 5.75 Å². The molecule has 1 heterocycles. The minimum absolute atomic E-state index is 0.235. The molecule has 3 aromatic rings. The molecule has 0 unspecified atom stereocenters. The van der Waals surface area contributed by atoms with Gasteiger partial charge < -0.3 is 15.0 Å². The van der Waals surface area contributed by atoms with Crippen LogP contribution in [0.25, 0.3) is 5.69 Å². The van der Waals surface area contributed by atoms with Crippen LogP contribution in [0.15, 0.2) is 67.3 Å². The number of benzene rings is 2. The molecule has 0 aliphatic heterocycles. The molecule has 0 saturated heterocycles. The third kappa shape index (κ3) is 3.35. The first-order valence-corrected chi connectivity index (χ1v) is 7.32. The highest BCUT2D eigenvalue weighted by Gasteiger charge is 2.05. The van der Waals surface area contributed by atoms with Gasteiger partial charge in [0, 0.05) is 30.7 Å². The highest BCUT2D eigenvalue weighted by Crippen LogP contribution is 2.17. The van der Waals surface area contributed by atoms with Crippen molar-refractivity contribution in [2.24, 2.45) is 0 Å². The molecule has 0 fully saturated rings. The first-order valence-electron chi connectivity index (χ1n) is 7.32. The minimum Gasteiger partial charge on any atom is -0.508 e. The molecular weight excluding hydrogens is 274 g/mol. The molecule has 1 atom stereocenters. The van der Waals surface area contributed by atoms with Gasteiger partial charge in [0.05, 0.1) is 6.33 Å². The van der Waals surface area contributed by atoms with Crippen molar-refractivity contribution >= 4 is 0 Å². The van der Waals surface area contributed by atoms with Crippen molar-refractivity contribution < 1.29 is 5.11 Å². The van der Waals surface area contributed by atoms with E-state index >= 15 is 0 Å². The lowest BCUT2D eigenvalue weighted by Gasteiger charge is -2.15. The summed E-state index contributed by atoms with van der Waals surface area (Å²) in [4.78, 5) is 4.06. The Kier molecular flexibility index (Phi) is 4.21. The summed E-state index contributed by atoms with van der Waals surface area (Å²) in [5, 5.41) is 12.9. The molecule has 4 heteroatoms. The fourth-order valence-corrected chi connectivity index (χ4v) is 2.40. The van der Waals surface area contributed by atoms with Gasteiger partial charge in [0.2, 0.25) is 0 Å². The second kappa shape index (κ2) is 6.45. The van der Waals surface area contributed by atoms with E-state index in [4.69, 9.17) is 0 Å². The lowest BCUT2D eigenvalue weighted by molar-refractivity contribution is 0.473. The Balaban J connectivity index is 1.63. The van der Waals surface area contributed by atoms with Crippen LogP contribution >= 0.6 is 0 Å². The van der Waals surface area contributed by atoms with Gasteiger partial charge >= 0.3 is 0 Å². The normalized spacial score (nSPS) is 12.2. The highest BCUT2D eigenvalue weighted by atomic mass is 16.3. The maximum absolute atomic E-state index is 9.48. The summed E-state index contributed by atoms with van der Waals surface area (Å²) >= 11 is 0. The Bertz CT molecular complexity index is 720. The second-order valence-corrected chi connectivity index (χ2v) is 5.33. The minimum atomic E-state index is 0.235. The van der Waals surface area contributed by atoms with E-state index < -0.39 is 0 Å². The van der Waals surface area contributed by atoms with Crippen molar-refractivity contribution in [3.8, 4) is 11.4 Å². The molecule has 0 bridgehead atoms. The average molecular weight is 293 g/mol. The van der Waals surface area contributed by atoms with Crippen LogP contribution in [0.5, 0.6) is 5.75 Å². The van der Waals surface area contributed by atoms with Gasteiger partial charge in [0.25, 0.3) is 0 Å². The monoisotopic (exact) mass is 293 g/mol. The molecule has 1 aromatic heterocycles. The zero-order chi connectivity index (χ0) is 15.4. The first-order chi connectivity index (χ1) is 10.7. The zero-order valence-corrected chi connectivity index (χ0v) is 12.5. The van der Waals surface area contributed by atoms with Crippen molar-refractivity contribution in [3.63, 3.8) is 0 Å². The third-order valence-electron chi connectivity index (χ3n) is 3.72. The molecular formula is C18H19N3O. The van der Waals surface area contributed by atoms with E-state index in [9.17, 15) is 5.11 Å². The molecule has 22 heavy (non-hydrogen) atoms. The van der Waals surface area contributed by atoms with E-state index in [-0.39, 0.29) is 6.04 Å². The van der Waals surface area contributed by atoms with Gasteiger partial charge in [-0.15, -0.1) is 0 Å². The number of hydrogen-bond acceptors (Lipinski definition) is 3. The number of imidazole rings is 1. The van der Waals surface area contributed by atoms with Crippen LogP contribution in [-0.4, -0.2) is 14.7 Å². The molecule has 4 nitrogen and oxygen atoms in total. The maximum atomic E-state index is 9.48. The largest absolute Gasteiger partial charge is 0.508 e. The summed E-state index contributed by atoms with van der Waals surface area (Å²) in [5.41, 5.74) is 3.40. The summed E-state index contributed by atoms with van der Waals surface area (Å²) in [6.07, 6.45) is 5.49. The number of aromatic nitrogens is 2. The second-order valence-electron chi connectivity index (χ2n) is 5.33. The number of nitrogens with zero attached hydrogens (tertiary/aromatic N) is 2. The van der Waals surface area contributed by atoms with Crippen LogP contribution in [-0.2, 0) is 6.54 Å². The average Bonchev–Trinajstić information content (AvgIpc) is 3.07. The summed E-state index contributed by atoms with van der Waals surface area (Å²) in [6, 6.07) is 16.0. The Morgan fingerprint density at radius 2 is 2.00 bits per heavy atom. The first kappa shape index (κ1) is 14.4. The number of aromatic hydroxyl groups is 1. The lowest BCUT2D eigenvalue weighted by Crippen LogP contribution is -2.18. The van der Waals surface area contributed by atoms with Crippen molar-refractivity contribution in [1.29, 1.82) is 0 Å². The molecule has 3 rings (SSSR count). The Hall–Kier alpha value is -2.59. The van der Waals surface area contributed by atoms with Crippen LogP contribution < -0.4 is 5.32 Å². The lowest BCUT2D eigenvalue weighted by atomic mass is 10.1. The molecule has 2 N–H and O–H groups in total. The molecule has 0 radical (unpaired) electrons. The molecule has 0 aliphatic carbocycles. The van der Waals surface area contributed by atoms with Gasteiger partial charge in [-0.2, -0.15) is 0 Å². The van der Waals surface area contributed by atoms with E-state index in [0.29, 0.717) is 5.75 Å². The van der Waals surface area contributed by atoms with Gasteiger partial charge in [-0.1, -0.05) is 24.3 Å². The number of phenols is 1. The zero-order valence-electron chi connectivity index (χ0n) is 12.5. The van der Waals surface area contributed by atoms with E-state index in [1.165, 1.54) is 5.56 Å². The van der Waals surface area contributed by atoms with E-state index in [1.807, 2.05) is 22.9 Å². The quantitative estimate of drug-likeness (QED) is 0.757. The van der Waals surface area contributed by atoms with Gasteiger partial charge in [-0.3, -0.25) is 0 Å². The van der Waals surface area contributed by atoms with Crippen molar-refractivity contribution in [2.45, 2.75) is 19.5 Å². The van der Waals surface area contributed by atoms with E-state index in [2.05, 4.69) is 41.5 Å². The summed E-state index contributed by atoms with van der Waals surface area (Å²) in [5.74, 6) is 0.302. The van der Waals surface area contributed by atoms with Crippen LogP contribution in [0.1, 0.15) is 24.1 Å². The van der Waals surface area contributed by atoms with E-state index in [1.54, 1.807) is 24.7 Å². The summed E-state index contributed by atoms with van der Waals surface area (Å²) in [7, 11) is 0. The Labute approximate surface area is 130 Å². The predicted octanol–water partition coefficient (Wildman–Crippen LogP) is 3.43. The fourth-order valence-electron chi connectivity index (χ4n) is 2.40. The Morgan fingerprint density at radius 1 is 1.18 bits per heavy atom. The van der Waals surface area contributed by atoms with Crippen molar-refractivity contribution in [2.75, 3.05) is 0 Å². The molecule has 0 amide bonds.